The SMILES string of the molecule is COc1cc([C@H](C)NC(=O)[C@@H](C)Oc2ccccc2C#N)ccc1OCC(C)C. The number of nitrogens with one attached hydrogen (secondary N) is 1. The molecule has 2 aromatic rings. The van der Waals surface area contributed by atoms with Gasteiger partial charge in [0.2, 0.25) is 0 Å². The molecule has 1 N–H and O–H groups in total. The maximum absolute atomic E-state index is 12.6. The van der Waals surface area contributed by atoms with Crippen LogP contribution in [0, 0.1) is 17.2 Å². The number of para-hydroxylation sites is 1. The maximum atomic E-state index is 12.6. The van der Waals surface area contributed by atoms with Gasteiger partial charge in [-0.2, -0.15) is 5.26 Å². The third kappa shape index (κ3) is 6.15. The van der Waals surface area contributed by atoms with Crippen molar-refractivity contribution in [3.05, 3.63) is 53.6 Å². The van der Waals surface area contributed by atoms with Crippen molar-refractivity contribution in [2.75, 3.05) is 13.7 Å². The number of carbonyl (C=O) groups excluding carboxylic acids is 1. The Balaban J connectivity index is 2.04. The lowest BCUT2D eigenvalue weighted by Gasteiger charge is -2.20. The number of nitriles is 1. The van der Waals surface area contributed by atoms with Crippen LogP contribution in [0.15, 0.2) is 42.5 Å². The molecule has 2 aromatic carbocycles. The third-order valence-corrected chi connectivity index (χ3v) is 4.30. The van der Waals surface area contributed by atoms with Gasteiger partial charge in [-0.25, -0.2) is 0 Å². The van der Waals surface area contributed by atoms with Crippen LogP contribution in [-0.2, 0) is 4.79 Å². The molecule has 0 bridgehead atoms. The van der Waals surface area contributed by atoms with E-state index in [1.807, 2.05) is 25.1 Å². The average Bonchev–Trinajstić information content (AvgIpc) is 2.72. The second-order valence-electron chi connectivity index (χ2n) is 7.21. The van der Waals surface area contributed by atoms with Crippen LogP contribution in [0.25, 0.3) is 0 Å². The van der Waals surface area contributed by atoms with Gasteiger partial charge in [0.15, 0.2) is 17.6 Å². The van der Waals surface area contributed by atoms with Crippen molar-refractivity contribution in [1.82, 2.24) is 5.32 Å². The Morgan fingerprint density at radius 1 is 1.07 bits per heavy atom. The quantitative estimate of drug-likeness (QED) is 0.685. The number of hydrogen-bond donors (Lipinski definition) is 1. The molecule has 0 spiro atoms. The summed E-state index contributed by atoms with van der Waals surface area (Å²) in [6, 6.07) is 14.2. The molecule has 0 heterocycles. The van der Waals surface area contributed by atoms with Crippen molar-refractivity contribution < 1.29 is 19.0 Å². The molecule has 0 unspecified atom stereocenters. The van der Waals surface area contributed by atoms with Crippen molar-refractivity contribution in [2.24, 2.45) is 5.92 Å². The molecular formula is C23H28N2O4. The van der Waals surface area contributed by atoms with Gasteiger partial charge >= 0.3 is 0 Å². The van der Waals surface area contributed by atoms with Crippen molar-refractivity contribution in [2.45, 2.75) is 39.8 Å². The van der Waals surface area contributed by atoms with Crippen LogP contribution in [-0.4, -0.2) is 25.7 Å². The summed E-state index contributed by atoms with van der Waals surface area (Å²) in [5.41, 5.74) is 1.28. The molecule has 6 nitrogen and oxygen atoms in total. The van der Waals surface area contributed by atoms with Crippen LogP contribution >= 0.6 is 0 Å². The van der Waals surface area contributed by atoms with Gasteiger partial charge in [0.25, 0.3) is 5.91 Å². The minimum atomic E-state index is -0.748. The molecule has 0 aromatic heterocycles. The van der Waals surface area contributed by atoms with Gasteiger partial charge in [0, 0.05) is 0 Å². The van der Waals surface area contributed by atoms with E-state index in [9.17, 15) is 4.79 Å². The van der Waals surface area contributed by atoms with E-state index in [1.54, 1.807) is 38.3 Å². The summed E-state index contributed by atoms with van der Waals surface area (Å²) in [5.74, 6) is 1.82. The van der Waals surface area contributed by atoms with Crippen molar-refractivity contribution in [3.63, 3.8) is 0 Å². The van der Waals surface area contributed by atoms with E-state index in [0.29, 0.717) is 35.3 Å². The van der Waals surface area contributed by atoms with Crippen LogP contribution in [0.3, 0.4) is 0 Å². The zero-order valence-electron chi connectivity index (χ0n) is 17.6. The van der Waals surface area contributed by atoms with Gasteiger partial charge in [0.05, 0.1) is 25.3 Å². The number of methoxy groups -OCH3 is 1. The van der Waals surface area contributed by atoms with Crippen LogP contribution in [0.2, 0.25) is 0 Å². The number of amides is 1. The molecule has 29 heavy (non-hydrogen) atoms. The highest BCUT2D eigenvalue weighted by Gasteiger charge is 2.20. The van der Waals surface area contributed by atoms with E-state index in [-0.39, 0.29) is 11.9 Å². The lowest BCUT2D eigenvalue weighted by Crippen LogP contribution is -2.37. The number of rotatable bonds is 9. The predicted octanol–water partition coefficient (Wildman–Crippen LogP) is 4.25. The van der Waals surface area contributed by atoms with Gasteiger partial charge < -0.3 is 19.5 Å². The van der Waals surface area contributed by atoms with E-state index < -0.39 is 6.10 Å². The van der Waals surface area contributed by atoms with E-state index in [4.69, 9.17) is 19.5 Å². The second kappa shape index (κ2) is 10.4. The van der Waals surface area contributed by atoms with Gasteiger partial charge in [-0.15, -0.1) is 0 Å². The monoisotopic (exact) mass is 396 g/mol. The maximum Gasteiger partial charge on any atom is 0.261 e. The minimum Gasteiger partial charge on any atom is -0.493 e. The molecule has 2 rings (SSSR count). The van der Waals surface area contributed by atoms with Gasteiger partial charge in [0.1, 0.15) is 11.8 Å². The first-order chi connectivity index (χ1) is 13.8. The highest BCUT2D eigenvalue weighted by atomic mass is 16.5. The van der Waals surface area contributed by atoms with Crippen molar-refractivity contribution in [1.29, 1.82) is 5.26 Å². The Labute approximate surface area is 172 Å². The highest BCUT2D eigenvalue weighted by molar-refractivity contribution is 5.81. The van der Waals surface area contributed by atoms with E-state index in [0.717, 1.165) is 5.56 Å². The summed E-state index contributed by atoms with van der Waals surface area (Å²) in [7, 11) is 1.59. The first kappa shape index (κ1) is 22.1. The van der Waals surface area contributed by atoms with E-state index in [1.165, 1.54) is 0 Å². The number of ether oxygens (including phenoxy) is 3. The number of carbonyl (C=O) groups is 1. The molecular weight excluding hydrogens is 368 g/mol. The molecule has 0 fully saturated rings. The third-order valence-electron chi connectivity index (χ3n) is 4.30. The molecule has 1 amide bonds. The normalized spacial score (nSPS) is 12.6. The zero-order chi connectivity index (χ0) is 21.4. The molecule has 0 aliphatic heterocycles. The Kier molecular flexibility index (Phi) is 7.90. The second-order valence-corrected chi connectivity index (χ2v) is 7.21. The van der Waals surface area contributed by atoms with Crippen LogP contribution < -0.4 is 19.5 Å². The fourth-order valence-corrected chi connectivity index (χ4v) is 2.65. The lowest BCUT2D eigenvalue weighted by atomic mass is 10.1. The molecule has 6 heteroatoms. The Morgan fingerprint density at radius 3 is 2.45 bits per heavy atom. The Hall–Kier alpha value is -3.20. The first-order valence-electron chi connectivity index (χ1n) is 9.62. The van der Waals surface area contributed by atoms with Crippen LogP contribution in [0.1, 0.15) is 44.9 Å². The summed E-state index contributed by atoms with van der Waals surface area (Å²) in [4.78, 5) is 12.6. The van der Waals surface area contributed by atoms with Crippen LogP contribution in [0.4, 0.5) is 0 Å². The molecule has 0 aliphatic rings. The summed E-state index contributed by atoms with van der Waals surface area (Å²) < 4.78 is 16.9. The summed E-state index contributed by atoms with van der Waals surface area (Å²) in [6.07, 6.45) is -0.748. The molecule has 154 valence electrons. The summed E-state index contributed by atoms with van der Waals surface area (Å²) in [5, 5.41) is 12.1. The molecule has 0 radical (unpaired) electrons. The molecule has 2 atom stereocenters. The number of benzene rings is 2. The number of hydrogen-bond acceptors (Lipinski definition) is 5. The van der Waals surface area contributed by atoms with Crippen molar-refractivity contribution >= 4 is 5.91 Å². The summed E-state index contributed by atoms with van der Waals surface area (Å²) >= 11 is 0. The van der Waals surface area contributed by atoms with Gasteiger partial charge in [-0.1, -0.05) is 32.0 Å². The lowest BCUT2D eigenvalue weighted by molar-refractivity contribution is -0.127. The average molecular weight is 396 g/mol. The number of nitrogens with zero attached hydrogens (tertiary/aromatic N) is 1. The molecule has 0 saturated heterocycles. The van der Waals surface area contributed by atoms with E-state index in [2.05, 4.69) is 25.2 Å². The summed E-state index contributed by atoms with van der Waals surface area (Å²) in [6.45, 7) is 8.30. The standard InChI is InChI=1S/C23H28N2O4/c1-15(2)14-28-21-11-10-18(12-22(21)27-5)16(3)25-23(26)17(4)29-20-9-7-6-8-19(20)13-24/h6-12,15-17H,14H2,1-5H3,(H,25,26)/t16-,17+/m0/s1. The fraction of sp³-hybridized carbons (Fsp3) is 0.391. The van der Waals surface area contributed by atoms with Crippen molar-refractivity contribution in [3.8, 4) is 23.3 Å². The topological polar surface area (TPSA) is 80.6 Å². The zero-order valence-corrected chi connectivity index (χ0v) is 17.6. The predicted molar refractivity (Wildman–Crippen MR) is 111 cm³/mol. The van der Waals surface area contributed by atoms with Gasteiger partial charge in [-0.3, -0.25) is 4.79 Å². The smallest absolute Gasteiger partial charge is 0.261 e. The minimum absolute atomic E-state index is 0.257. The van der Waals surface area contributed by atoms with Crippen LogP contribution in [0.5, 0.6) is 17.2 Å². The first-order valence-corrected chi connectivity index (χ1v) is 9.62. The molecule has 0 aliphatic carbocycles. The Morgan fingerprint density at radius 2 is 1.79 bits per heavy atom. The van der Waals surface area contributed by atoms with E-state index >= 15 is 0 Å². The fourth-order valence-electron chi connectivity index (χ4n) is 2.65. The largest absolute Gasteiger partial charge is 0.493 e. The Bertz CT molecular complexity index is 873. The van der Waals surface area contributed by atoms with Gasteiger partial charge in [-0.05, 0) is 49.6 Å². The highest BCUT2D eigenvalue weighted by Crippen LogP contribution is 2.30. The molecule has 0 saturated carbocycles.